The molecule has 1 N–H and O–H groups in total. The van der Waals surface area contributed by atoms with E-state index < -0.39 is 11.8 Å². The number of aromatic nitrogens is 4. The molecular weight excluding hydrogens is 535 g/mol. The number of aromatic carboxylic acids is 1. The van der Waals surface area contributed by atoms with Gasteiger partial charge in [0.2, 0.25) is 5.88 Å². The van der Waals surface area contributed by atoms with E-state index >= 15 is 0 Å². The first-order chi connectivity index (χ1) is 19.4. The first-order valence-corrected chi connectivity index (χ1v) is 13.7. The van der Waals surface area contributed by atoms with Crippen molar-refractivity contribution in [1.82, 2.24) is 19.5 Å². The van der Waals surface area contributed by atoms with E-state index in [1.165, 1.54) is 6.07 Å². The summed E-state index contributed by atoms with van der Waals surface area (Å²) in [6, 6.07) is 11.8. The van der Waals surface area contributed by atoms with Gasteiger partial charge in [-0.15, -0.1) is 0 Å². The molecule has 206 valence electrons. The Kier molecular flexibility index (Phi) is 7.49. The Morgan fingerprint density at radius 1 is 1.20 bits per heavy atom. The monoisotopic (exact) mass is 562 g/mol. The van der Waals surface area contributed by atoms with Crippen LogP contribution >= 0.6 is 11.6 Å². The van der Waals surface area contributed by atoms with E-state index in [4.69, 9.17) is 26.1 Å². The van der Waals surface area contributed by atoms with E-state index in [1.807, 2.05) is 12.1 Å². The molecule has 0 bridgehead atoms. The van der Waals surface area contributed by atoms with Crippen molar-refractivity contribution < 1.29 is 23.8 Å². The number of hydrogen-bond donors (Lipinski definition) is 1. The number of nitrogens with zero attached hydrogens (tertiary/aromatic N) is 4. The zero-order valence-corrected chi connectivity index (χ0v) is 22.5. The van der Waals surface area contributed by atoms with Crippen molar-refractivity contribution in [3.63, 3.8) is 0 Å². The molecule has 6 rings (SSSR count). The number of rotatable bonds is 9. The number of benzene rings is 1. The van der Waals surface area contributed by atoms with Crippen LogP contribution in [-0.2, 0) is 24.3 Å². The van der Waals surface area contributed by atoms with Crippen LogP contribution in [0.15, 0.2) is 54.7 Å². The van der Waals surface area contributed by atoms with Gasteiger partial charge in [-0.25, -0.2) is 24.1 Å². The molecular formula is C30H28ClFN4O4. The van der Waals surface area contributed by atoms with E-state index in [0.717, 1.165) is 61.3 Å². The van der Waals surface area contributed by atoms with Gasteiger partial charge in [-0.1, -0.05) is 29.8 Å². The smallest absolute Gasteiger partial charge is 0.354 e. The fourth-order valence-electron chi connectivity index (χ4n) is 5.22. The van der Waals surface area contributed by atoms with Gasteiger partial charge in [-0.3, -0.25) is 0 Å². The molecule has 8 nitrogen and oxygen atoms in total. The number of fused-ring (bicyclic) bond motifs is 1. The van der Waals surface area contributed by atoms with Crippen LogP contribution in [0, 0.1) is 11.7 Å². The maximum Gasteiger partial charge on any atom is 0.354 e. The second-order valence-electron chi connectivity index (χ2n) is 10.2. The third-order valence-corrected chi connectivity index (χ3v) is 7.78. The lowest BCUT2D eigenvalue weighted by molar-refractivity contribution is -0.0590. The third-order valence-electron chi connectivity index (χ3n) is 7.55. The van der Waals surface area contributed by atoms with Gasteiger partial charge < -0.3 is 19.1 Å². The molecule has 4 heterocycles. The maximum atomic E-state index is 14.1. The summed E-state index contributed by atoms with van der Waals surface area (Å²) >= 11 is 5.84. The minimum absolute atomic E-state index is 0.0111. The number of carboxylic acids is 1. The average molecular weight is 563 g/mol. The lowest BCUT2D eigenvalue weighted by Crippen LogP contribution is -2.32. The van der Waals surface area contributed by atoms with E-state index in [2.05, 4.69) is 20.6 Å². The van der Waals surface area contributed by atoms with Gasteiger partial charge in [0.25, 0.3) is 0 Å². The summed E-state index contributed by atoms with van der Waals surface area (Å²) < 4.78 is 27.7. The van der Waals surface area contributed by atoms with Crippen molar-refractivity contribution in [2.75, 3.05) is 6.61 Å². The number of allylic oxidation sites excluding steroid dienone is 2. The second-order valence-corrected chi connectivity index (χ2v) is 10.7. The third kappa shape index (κ3) is 5.71. The second kappa shape index (κ2) is 11.3. The van der Waals surface area contributed by atoms with Gasteiger partial charge in [0.05, 0.1) is 30.1 Å². The summed E-state index contributed by atoms with van der Waals surface area (Å²) in [4.78, 5) is 25.1. The summed E-state index contributed by atoms with van der Waals surface area (Å²) in [5, 5.41) is 9.77. The lowest BCUT2D eigenvalue weighted by Gasteiger charge is -2.28. The normalized spacial score (nSPS) is 18.8. The molecule has 0 saturated carbocycles. The minimum atomic E-state index is -1.05. The molecule has 3 aromatic heterocycles. The summed E-state index contributed by atoms with van der Waals surface area (Å²) in [5.41, 5.74) is 3.92. The Bertz CT molecular complexity index is 1600. The molecule has 2 aliphatic rings. The van der Waals surface area contributed by atoms with Crippen LogP contribution in [0.4, 0.5) is 4.39 Å². The highest BCUT2D eigenvalue weighted by Crippen LogP contribution is 2.33. The zero-order valence-electron chi connectivity index (χ0n) is 21.7. The molecule has 40 heavy (non-hydrogen) atoms. The van der Waals surface area contributed by atoms with Gasteiger partial charge in [-0.05, 0) is 61.4 Å². The van der Waals surface area contributed by atoms with Crippen LogP contribution in [-0.4, -0.2) is 43.3 Å². The van der Waals surface area contributed by atoms with Crippen LogP contribution in [0.25, 0.3) is 16.6 Å². The topological polar surface area (TPSA) is 99.4 Å². The van der Waals surface area contributed by atoms with Gasteiger partial charge in [0.15, 0.2) is 0 Å². The van der Waals surface area contributed by atoms with Crippen LogP contribution in [0.1, 0.15) is 53.3 Å². The fourth-order valence-corrected chi connectivity index (χ4v) is 5.37. The number of halogens is 2. The molecule has 0 radical (unpaired) electrons. The molecule has 1 aromatic carbocycles. The molecule has 1 fully saturated rings. The van der Waals surface area contributed by atoms with Crippen LogP contribution in [0.3, 0.4) is 0 Å². The molecule has 10 heteroatoms. The number of ether oxygens (including phenoxy) is 2. The molecule has 1 unspecified atom stereocenters. The zero-order chi connectivity index (χ0) is 27.6. The van der Waals surface area contributed by atoms with Gasteiger partial charge >= 0.3 is 5.97 Å². The van der Waals surface area contributed by atoms with Crippen LogP contribution in [0.5, 0.6) is 5.88 Å². The molecule has 0 amide bonds. The molecule has 2 atom stereocenters. The van der Waals surface area contributed by atoms with Crippen LogP contribution < -0.4 is 4.74 Å². The summed E-state index contributed by atoms with van der Waals surface area (Å²) in [5.74, 6) is 0.301. The van der Waals surface area contributed by atoms with E-state index in [1.54, 1.807) is 30.5 Å². The summed E-state index contributed by atoms with van der Waals surface area (Å²) in [6.07, 6.45) is 8.35. The summed E-state index contributed by atoms with van der Waals surface area (Å²) in [6.45, 7) is 1.47. The maximum absolute atomic E-state index is 14.1. The number of hydrogen-bond acceptors (Lipinski definition) is 6. The lowest BCUT2D eigenvalue weighted by atomic mass is 9.86. The highest BCUT2D eigenvalue weighted by molar-refractivity contribution is 6.30. The Balaban J connectivity index is 1.15. The van der Waals surface area contributed by atoms with Gasteiger partial charge in [0, 0.05) is 29.7 Å². The standard InChI is InChI=1S/C30H28ClFN4O4/c31-21-9-8-20(23(32)13-21)17-40-29-3-1-2-24(35-29)19-6-4-18(5-7-19)12-28-34-26-15-33-25(30(37)38)14-27(26)36(28)16-22-10-11-39-22/h1-3,6,8-9,13-15,18,22H,4-5,7,10-12,16-17H2,(H,37,38)/t18?,22-/m0/s1. The molecule has 0 spiro atoms. The first-order valence-electron chi connectivity index (χ1n) is 13.4. The van der Waals surface area contributed by atoms with E-state index in [0.29, 0.717) is 34.4 Å². The molecule has 1 saturated heterocycles. The number of carbonyl (C=O) groups is 1. The highest BCUT2D eigenvalue weighted by Gasteiger charge is 2.25. The van der Waals surface area contributed by atoms with Crippen molar-refractivity contribution in [2.45, 2.75) is 51.4 Å². The number of pyridine rings is 2. The van der Waals surface area contributed by atoms with Crippen molar-refractivity contribution in [1.29, 1.82) is 0 Å². The Labute approximate surface area is 235 Å². The largest absolute Gasteiger partial charge is 0.477 e. The molecule has 1 aliphatic carbocycles. The number of imidazole rings is 1. The predicted molar refractivity (Wildman–Crippen MR) is 148 cm³/mol. The van der Waals surface area contributed by atoms with E-state index in [-0.39, 0.29) is 18.4 Å². The van der Waals surface area contributed by atoms with Crippen molar-refractivity contribution in [3.8, 4) is 5.88 Å². The van der Waals surface area contributed by atoms with E-state index in [9.17, 15) is 14.3 Å². The Morgan fingerprint density at radius 3 is 2.80 bits per heavy atom. The van der Waals surface area contributed by atoms with Gasteiger partial charge in [-0.2, -0.15) is 0 Å². The van der Waals surface area contributed by atoms with Crippen molar-refractivity contribution >= 4 is 34.2 Å². The van der Waals surface area contributed by atoms with Crippen molar-refractivity contribution in [3.05, 3.63) is 88.4 Å². The fraction of sp³-hybridized carbons (Fsp3) is 0.333. The average Bonchev–Trinajstić information content (AvgIpc) is 3.26. The van der Waals surface area contributed by atoms with Crippen molar-refractivity contribution in [2.24, 2.45) is 5.92 Å². The Morgan fingerprint density at radius 2 is 2.08 bits per heavy atom. The van der Waals surface area contributed by atoms with Gasteiger partial charge in [0.1, 0.15) is 29.5 Å². The quantitative estimate of drug-likeness (QED) is 0.263. The molecule has 4 aromatic rings. The highest BCUT2D eigenvalue weighted by atomic mass is 35.5. The molecule has 1 aliphatic heterocycles. The van der Waals surface area contributed by atoms with Crippen LogP contribution in [0.2, 0.25) is 5.02 Å². The number of carboxylic acid groups (broad SMARTS) is 1. The predicted octanol–water partition coefficient (Wildman–Crippen LogP) is 6.11. The SMILES string of the molecule is O=C(O)c1cc2c(cn1)nc(CC1CC=C(c3cccc(OCc4ccc(Cl)cc4F)n3)CC1)n2C[C@@H]1CCO1. The first kappa shape index (κ1) is 26.4. The Hall–Kier alpha value is -3.82. The minimum Gasteiger partial charge on any atom is -0.477 e. The summed E-state index contributed by atoms with van der Waals surface area (Å²) in [7, 11) is 0.